The first kappa shape index (κ1) is 31.8. The molecule has 242 valence electrons. The van der Waals surface area contributed by atoms with Crippen molar-refractivity contribution in [3.05, 3.63) is 96.6 Å². The highest BCUT2D eigenvalue weighted by atomic mass is 32.2. The highest BCUT2D eigenvalue weighted by molar-refractivity contribution is 7.92. The molecule has 0 radical (unpaired) electrons. The number of piperazine rings is 1. The number of aromatic hydroxyl groups is 1. The monoisotopic (exact) mass is 644 g/mol. The molecule has 2 aliphatic rings. The van der Waals surface area contributed by atoms with Crippen LogP contribution < -0.4 is 20.8 Å². The van der Waals surface area contributed by atoms with Crippen molar-refractivity contribution >= 4 is 27.3 Å². The van der Waals surface area contributed by atoms with Gasteiger partial charge in [-0.05, 0) is 43.2 Å². The molecule has 14 heteroatoms. The van der Waals surface area contributed by atoms with Crippen LogP contribution in [0.3, 0.4) is 0 Å². The van der Waals surface area contributed by atoms with Gasteiger partial charge in [0, 0.05) is 57.4 Å². The number of phenols is 1. The van der Waals surface area contributed by atoms with Crippen LogP contribution in [-0.4, -0.2) is 94.9 Å². The Labute approximate surface area is 269 Å². The number of aromatic nitrogens is 3. The predicted molar refractivity (Wildman–Crippen MR) is 176 cm³/mol. The summed E-state index contributed by atoms with van der Waals surface area (Å²) >= 11 is 0. The zero-order valence-electron chi connectivity index (χ0n) is 25.8. The molecule has 2 aliphatic heterocycles. The summed E-state index contributed by atoms with van der Waals surface area (Å²) in [4.78, 5) is 12.9. The third-order valence-electron chi connectivity index (χ3n) is 8.33. The van der Waals surface area contributed by atoms with E-state index in [1.54, 1.807) is 42.5 Å². The minimum absolute atomic E-state index is 0.0346. The fourth-order valence-corrected chi connectivity index (χ4v) is 7.51. The van der Waals surface area contributed by atoms with Gasteiger partial charge in [-0.3, -0.25) is 4.31 Å². The third kappa shape index (κ3) is 6.97. The summed E-state index contributed by atoms with van der Waals surface area (Å²) < 4.78 is 29.3. The lowest BCUT2D eigenvalue weighted by atomic mass is 10.0. The predicted octanol–water partition coefficient (Wildman–Crippen LogP) is 2.23. The number of benzene rings is 3. The van der Waals surface area contributed by atoms with Crippen LogP contribution in [0.5, 0.6) is 5.75 Å². The lowest BCUT2D eigenvalue weighted by Gasteiger charge is -2.47. The largest absolute Gasteiger partial charge is 0.506 e. The van der Waals surface area contributed by atoms with Crippen molar-refractivity contribution in [3.63, 3.8) is 0 Å². The molecule has 46 heavy (non-hydrogen) atoms. The number of nitrogens with zero attached hydrogens (tertiary/aromatic N) is 8. The van der Waals surface area contributed by atoms with Crippen LogP contribution in [0.15, 0.2) is 90.3 Å². The number of piperidine rings is 1. The van der Waals surface area contributed by atoms with Crippen LogP contribution in [0.25, 0.3) is 0 Å². The fraction of sp³-hybridized carbons (Fsp3) is 0.344. The quantitative estimate of drug-likeness (QED) is 0.244. The van der Waals surface area contributed by atoms with E-state index in [1.807, 2.05) is 42.3 Å². The third-order valence-corrected chi connectivity index (χ3v) is 10.1. The highest BCUT2D eigenvalue weighted by Crippen LogP contribution is 2.38. The van der Waals surface area contributed by atoms with Gasteiger partial charge in [0.1, 0.15) is 18.4 Å². The van der Waals surface area contributed by atoms with Crippen molar-refractivity contribution in [2.24, 2.45) is 11.5 Å². The molecular weight excluding hydrogens is 604 g/mol. The van der Waals surface area contributed by atoms with E-state index in [2.05, 4.69) is 30.0 Å². The SMILES string of the molecule is Cc1ccc(S(=O)(=O)N(Cc2ccccc2)c2ccc(N(c3ncncn3)N3CCN(N4CC(N)CC(N)C4)CC3)cc2O)cc1. The highest BCUT2D eigenvalue weighted by Gasteiger charge is 2.33. The van der Waals surface area contributed by atoms with E-state index in [4.69, 9.17) is 11.5 Å². The molecule has 2 unspecified atom stereocenters. The molecule has 0 bridgehead atoms. The van der Waals surface area contributed by atoms with Crippen molar-refractivity contribution in [1.29, 1.82) is 0 Å². The number of phenolic OH excluding ortho intramolecular Hbond substituents is 1. The van der Waals surface area contributed by atoms with E-state index in [9.17, 15) is 13.5 Å². The molecule has 2 fully saturated rings. The summed E-state index contributed by atoms with van der Waals surface area (Å²) in [6.45, 7) is 6.20. The van der Waals surface area contributed by atoms with E-state index in [-0.39, 0.29) is 35.0 Å². The number of hydrazine groups is 2. The number of aryl methyl sites for hydroxylation is 1. The second-order valence-electron chi connectivity index (χ2n) is 11.8. The Hall–Kier alpha value is -4.18. The van der Waals surface area contributed by atoms with Crippen molar-refractivity contribution < 1.29 is 13.5 Å². The number of hydrogen-bond donors (Lipinski definition) is 3. The van der Waals surface area contributed by atoms with Gasteiger partial charge < -0.3 is 16.6 Å². The molecule has 0 spiro atoms. The second kappa shape index (κ2) is 13.7. The second-order valence-corrected chi connectivity index (χ2v) is 13.6. The summed E-state index contributed by atoms with van der Waals surface area (Å²) in [7, 11) is -4.03. The van der Waals surface area contributed by atoms with E-state index in [0.717, 1.165) is 43.7 Å². The van der Waals surface area contributed by atoms with E-state index in [1.165, 1.54) is 17.0 Å². The summed E-state index contributed by atoms with van der Waals surface area (Å²) in [6.07, 6.45) is 3.66. The molecule has 2 saturated heterocycles. The van der Waals surface area contributed by atoms with Crippen LogP contribution in [0, 0.1) is 6.92 Å². The molecule has 3 heterocycles. The lowest BCUT2D eigenvalue weighted by Crippen LogP contribution is -2.63. The Morgan fingerprint density at radius 3 is 2.15 bits per heavy atom. The molecule has 6 rings (SSSR count). The van der Waals surface area contributed by atoms with Gasteiger partial charge in [0.25, 0.3) is 10.0 Å². The smallest absolute Gasteiger partial charge is 0.264 e. The number of nitrogens with two attached hydrogens (primary N) is 2. The molecule has 13 nitrogen and oxygen atoms in total. The average Bonchev–Trinajstić information content (AvgIpc) is 3.05. The Kier molecular flexibility index (Phi) is 9.44. The van der Waals surface area contributed by atoms with Gasteiger partial charge in [0.15, 0.2) is 0 Å². The Morgan fingerprint density at radius 1 is 0.870 bits per heavy atom. The number of sulfonamides is 1. The summed E-state index contributed by atoms with van der Waals surface area (Å²) in [5.41, 5.74) is 15.0. The molecule has 0 aliphatic carbocycles. The summed E-state index contributed by atoms with van der Waals surface area (Å²) in [6, 6.07) is 21.0. The average molecular weight is 645 g/mol. The van der Waals surface area contributed by atoms with Crippen molar-refractivity contribution in [2.45, 2.75) is 36.9 Å². The Balaban J connectivity index is 1.31. The maximum atomic E-state index is 14.0. The van der Waals surface area contributed by atoms with Gasteiger partial charge in [-0.1, -0.05) is 48.0 Å². The maximum Gasteiger partial charge on any atom is 0.264 e. The van der Waals surface area contributed by atoms with Gasteiger partial charge in [-0.2, -0.15) is 9.97 Å². The fourth-order valence-electron chi connectivity index (χ4n) is 6.04. The van der Waals surface area contributed by atoms with Gasteiger partial charge in [-0.25, -0.2) is 33.4 Å². The number of anilines is 3. The maximum absolute atomic E-state index is 14.0. The lowest BCUT2D eigenvalue weighted by molar-refractivity contribution is -0.0761. The number of rotatable bonds is 9. The molecule has 4 aromatic rings. The van der Waals surface area contributed by atoms with Crippen LogP contribution in [0.4, 0.5) is 17.3 Å². The summed E-state index contributed by atoms with van der Waals surface area (Å²) in [5.74, 6) is 0.184. The van der Waals surface area contributed by atoms with E-state index >= 15 is 0 Å². The molecule has 2 atom stereocenters. The van der Waals surface area contributed by atoms with E-state index in [0.29, 0.717) is 24.7 Å². The van der Waals surface area contributed by atoms with Gasteiger partial charge in [-0.15, -0.1) is 0 Å². The molecular formula is C32H40N10O3S. The first-order valence-electron chi connectivity index (χ1n) is 15.3. The standard InChI is InChI=1S/C32H40N10O3S/c1-24-7-10-29(11-8-24)46(44,45)41(19-25-5-3-2-4-6-25)30-12-9-28(18-31(30)43)42(32-36-22-35-23-37-32)39-15-13-38(14-16-39)40-20-26(33)17-27(34)21-40/h2-12,18,22-23,26-27,43H,13-17,19-21,33-34H2,1H3. The molecule has 1 aromatic heterocycles. The van der Waals surface area contributed by atoms with Crippen LogP contribution in [0.2, 0.25) is 0 Å². The Morgan fingerprint density at radius 2 is 1.52 bits per heavy atom. The zero-order valence-corrected chi connectivity index (χ0v) is 26.6. The Bertz CT molecular complexity index is 1700. The topological polar surface area (TPSA) is 161 Å². The van der Waals surface area contributed by atoms with Gasteiger partial charge in [0.05, 0.1) is 22.8 Å². The van der Waals surface area contributed by atoms with Gasteiger partial charge >= 0.3 is 0 Å². The van der Waals surface area contributed by atoms with Crippen LogP contribution in [-0.2, 0) is 16.6 Å². The zero-order chi connectivity index (χ0) is 32.3. The van der Waals surface area contributed by atoms with Gasteiger partial charge in [0.2, 0.25) is 5.95 Å². The normalized spacial score (nSPS) is 20.0. The van der Waals surface area contributed by atoms with Crippen LogP contribution >= 0.6 is 0 Å². The van der Waals surface area contributed by atoms with Crippen molar-refractivity contribution in [3.8, 4) is 5.75 Å². The summed E-state index contributed by atoms with van der Waals surface area (Å²) in [5, 5.41) is 20.0. The molecule has 5 N–H and O–H groups in total. The minimum atomic E-state index is -4.03. The number of hydrogen-bond acceptors (Lipinski definition) is 12. The van der Waals surface area contributed by atoms with Crippen LogP contribution in [0.1, 0.15) is 17.5 Å². The molecule has 3 aromatic carbocycles. The molecule has 0 saturated carbocycles. The minimum Gasteiger partial charge on any atom is -0.506 e. The first-order chi connectivity index (χ1) is 22.2. The molecule has 0 amide bonds. The van der Waals surface area contributed by atoms with Crippen molar-refractivity contribution in [1.82, 2.24) is 30.0 Å². The van der Waals surface area contributed by atoms with Crippen molar-refractivity contribution in [2.75, 3.05) is 48.6 Å². The van der Waals surface area contributed by atoms with E-state index < -0.39 is 10.0 Å². The first-order valence-corrected chi connectivity index (χ1v) is 16.8.